The molecule has 0 fully saturated rings. The molecule has 3 rings (SSSR count). The summed E-state index contributed by atoms with van der Waals surface area (Å²) in [5.74, 6) is -0.676. The number of nitrogens with one attached hydrogen (secondary N) is 2. The molecule has 3 aromatic rings. The van der Waals surface area contributed by atoms with Crippen molar-refractivity contribution < 1.29 is 13.2 Å². The van der Waals surface area contributed by atoms with Crippen LogP contribution in [0.4, 0.5) is 0 Å². The molecule has 0 atom stereocenters. The summed E-state index contributed by atoms with van der Waals surface area (Å²) in [7, 11) is -3.95. The van der Waals surface area contributed by atoms with Gasteiger partial charge in [0.1, 0.15) is 0 Å². The van der Waals surface area contributed by atoms with Gasteiger partial charge in [0.25, 0.3) is 15.9 Å². The van der Waals surface area contributed by atoms with Crippen LogP contribution in [-0.4, -0.2) is 19.3 Å². The Balaban J connectivity index is 1.91. The fourth-order valence-corrected chi connectivity index (χ4v) is 3.56. The zero-order valence-corrected chi connectivity index (χ0v) is 14.6. The molecule has 0 unspecified atom stereocenters. The second-order valence-corrected chi connectivity index (χ2v) is 7.64. The highest BCUT2D eigenvalue weighted by Crippen LogP contribution is 2.22. The van der Waals surface area contributed by atoms with Crippen molar-refractivity contribution in [2.45, 2.75) is 18.7 Å². The minimum atomic E-state index is -3.95. The Hall–Kier alpha value is -2.31. The number of H-pyrrole nitrogens is 1. The number of aromatic amines is 1. The molecule has 0 radical (unpaired) electrons. The number of benzene rings is 2. The average Bonchev–Trinajstić information content (AvgIpc) is 2.81. The molecule has 1 heterocycles. The van der Waals surface area contributed by atoms with Gasteiger partial charge in [-0.15, -0.1) is 0 Å². The van der Waals surface area contributed by atoms with Gasteiger partial charge in [0, 0.05) is 27.2 Å². The second kappa shape index (κ2) is 5.96. The maximum absolute atomic E-state index is 12.3. The average molecular weight is 363 g/mol. The van der Waals surface area contributed by atoms with Crippen LogP contribution in [0, 0.1) is 13.8 Å². The van der Waals surface area contributed by atoms with E-state index in [1.165, 1.54) is 24.3 Å². The van der Waals surface area contributed by atoms with E-state index in [9.17, 15) is 13.2 Å². The standard InChI is InChI=1S/C17H15ClN2O3S/c1-10-11(2)19-16-8-3-12(9-15(10)16)17(21)20-24(22,23)14-6-4-13(18)5-7-14/h3-9,19H,1-2H3,(H,20,21). The van der Waals surface area contributed by atoms with Gasteiger partial charge in [0.2, 0.25) is 0 Å². The maximum atomic E-state index is 12.3. The summed E-state index contributed by atoms with van der Waals surface area (Å²) in [4.78, 5) is 15.5. The van der Waals surface area contributed by atoms with Crippen molar-refractivity contribution in [3.05, 3.63) is 64.3 Å². The zero-order valence-electron chi connectivity index (χ0n) is 13.1. The van der Waals surface area contributed by atoms with E-state index >= 15 is 0 Å². The molecule has 0 saturated heterocycles. The van der Waals surface area contributed by atoms with Crippen molar-refractivity contribution >= 4 is 38.4 Å². The van der Waals surface area contributed by atoms with Crippen molar-refractivity contribution in [2.75, 3.05) is 0 Å². The van der Waals surface area contributed by atoms with E-state index in [1.54, 1.807) is 18.2 Å². The number of halogens is 1. The number of sulfonamides is 1. The Morgan fingerprint density at radius 1 is 1.08 bits per heavy atom. The third-order valence-electron chi connectivity index (χ3n) is 3.92. The first kappa shape index (κ1) is 16.5. The lowest BCUT2D eigenvalue weighted by Crippen LogP contribution is -2.30. The van der Waals surface area contributed by atoms with E-state index in [2.05, 4.69) is 9.71 Å². The van der Waals surface area contributed by atoms with E-state index in [-0.39, 0.29) is 10.5 Å². The molecular formula is C17H15ClN2O3S. The van der Waals surface area contributed by atoms with Crippen LogP contribution in [0.2, 0.25) is 5.02 Å². The first-order chi connectivity index (χ1) is 11.3. The van der Waals surface area contributed by atoms with Crippen LogP contribution in [0.25, 0.3) is 10.9 Å². The molecule has 7 heteroatoms. The van der Waals surface area contributed by atoms with Crippen LogP contribution in [0.5, 0.6) is 0 Å². The van der Waals surface area contributed by atoms with Crippen LogP contribution < -0.4 is 4.72 Å². The summed E-state index contributed by atoms with van der Waals surface area (Å²) in [5.41, 5.74) is 3.22. The largest absolute Gasteiger partial charge is 0.358 e. The summed E-state index contributed by atoms with van der Waals surface area (Å²) < 4.78 is 26.6. The van der Waals surface area contributed by atoms with Gasteiger partial charge in [-0.25, -0.2) is 13.1 Å². The third-order valence-corrected chi connectivity index (χ3v) is 5.52. The quantitative estimate of drug-likeness (QED) is 0.747. The Morgan fingerprint density at radius 2 is 1.75 bits per heavy atom. The lowest BCUT2D eigenvalue weighted by atomic mass is 10.1. The van der Waals surface area contributed by atoms with Gasteiger partial charge in [-0.05, 0) is 61.9 Å². The highest BCUT2D eigenvalue weighted by Gasteiger charge is 2.19. The lowest BCUT2D eigenvalue weighted by molar-refractivity contribution is 0.0981. The summed E-state index contributed by atoms with van der Waals surface area (Å²) >= 11 is 5.75. The Morgan fingerprint density at radius 3 is 2.42 bits per heavy atom. The lowest BCUT2D eigenvalue weighted by Gasteiger charge is -2.07. The topological polar surface area (TPSA) is 79.0 Å². The number of aryl methyl sites for hydroxylation is 2. The predicted molar refractivity (Wildman–Crippen MR) is 93.9 cm³/mol. The van der Waals surface area contributed by atoms with Crippen molar-refractivity contribution in [3.8, 4) is 0 Å². The van der Waals surface area contributed by atoms with Gasteiger partial charge in [-0.3, -0.25) is 4.79 Å². The zero-order chi connectivity index (χ0) is 17.5. The molecular weight excluding hydrogens is 348 g/mol. The fraction of sp³-hybridized carbons (Fsp3) is 0.118. The van der Waals surface area contributed by atoms with E-state index < -0.39 is 15.9 Å². The predicted octanol–water partition coefficient (Wildman–Crippen LogP) is 3.56. The van der Waals surface area contributed by atoms with Crippen LogP contribution >= 0.6 is 11.6 Å². The normalized spacial score (nSPS) is 11.6. The molecule has 0 saturated carbocycles. The molecule has 1 aromatic heterocycles. The van der Waals surface area contributed by atoms with Gasteiger partial charge in [-0.2, -0.15) is 0 Å². The van der Waals surface area contributed by atoms with E-state index in [1.807, 2.05) is 13.8 Å². The molecule has 0 aliphatic carbocycles. The van der Waals surface area contributed by atoms with Crippen molar-refractivity contribution in [1.82, 2.24) is 9.71 Å². The number of hydrogen-bond acceptors (Lipinski definition) is 3. The minimum absolute atomic E-state index is 0.0185. The van der Waals surface area contributed by atoms with E-state index in [0.29, 0.717) is 5.02 Å². The van der Waals surface area contributed by atoms with Gasteiger partial charge in [0.15, 0.2) is 0 Å². The first-order valence-corrected chi connectivity index (χ1v) is 9.06. The molecule has 124 valence electrons. The first-order valence-electron chi connectivity index (χ1n) is 7.19. The Kier molecular flexibility index (Phi) is 4.11. The number of carbonyl (C=O) groups excluding carboxylic acids is 1. The summed E-state index contributed by atoms with van der Waals surface area (Å²) in [5, 5.41) is 1.31. The van der Waals surface area contributed by atoms with Crippen LogP contribution in [-0.2, 0) is 10.0 Å². The summed E-state index contributed by atoms with van der Waals surface area (Å²) in [6.45, 7) is 3.89. The van der Waals surface area contributed by atoms with Crippen LogP contribution in [0.3, 0.4) is 0 Å². The molecule has 2 N–H and O–H groups in total. The highest BCUT2D eigenvalue weighted by atomic mass is 35.5. The van der Waals surface area contributed by atoms with Gasteiger partial charge < -0.3 is 4.98 Å². The van der Waals surface area contributed by atoms with Crippen LogP contribution in [0.1, 0.15) is 21.6 Å². The maximum Gasteiger partial charge on any atom is 0.265 e. The third kappa shape index (κ3) is 3.02. The van der Waals surface area contributed by atoms with Gasteiger partial charge in [0.05, 0.1) is 4.90 Å². The second-order valence-electron chi connectivity index (χ2n) is 5.52. The molecule has 0 spiro atoms. The number of rotatable bonds is 3. The summed E-state index contributed by atoms with van der Waals surface area (Å²) in [6, 6.07) is 10.6. The number of fused-ring (bicyclic) bond motifs is 1. The van der Waals surface area contributed by atoms with Crippen LogP contribution in [0.15, 0.2) is 47.4 Å². The molecule has 1 amide bonds. The van der Waals surface area contributed by atoms with E-state index in [4.69, 9.17) is 11.6 Å². The minimum Gasteiger partial charge on any atom is -0.358 e. The Bertz CT molecular complexity index is 1040. The molecule has 24 heavy (non-hydrogen) atoms. The van der Waals surface area contributed by atoms with Gasteiger partial charge in [-0.1, -0.05) is 11.6 Å². The number of amides is 1. The Labute approximate surface area is 144 Å². The molecule has 0 aliphatic rings. The fourth-order valence-electron chi connectivity index (χ4n) is 2.46. The highest BCUT2D eigenvalue weighted by molar-refractivity contribution is 7.90. The number of carbonyl (C=O) groups is 1. The molecule has 0 bridgehead atoms. The summed E-state index contributed by atoms with van der Waals surface area (Å²) in [6.07, 6.45) is 0. The van der Waals surface area contributed by atoms with Gasteiger partial charge >= 0.3 is 0 Å². The number of hydrogen-bond donors (Lipinski definition) is 2. The van der Waals surface area contributed by atoms with Crippen molar-refractivity contribution in [2.24, 2.45) is 0 Å². The van der Waals surface area contributed by atoms with E-state index in [0.717, 1.165) is 22.2 Å². The molecule has 2 aromatic carbocycles. The monoisotopic (exact) mass is 362 g/mol. The number of aromatic nitrogens is 1. The SMILES string of the molecule is Cc1[nH]c2ccc(C(=O)NS(=O)(=O)c3ccc(Cl)cc3)cc2c1C. The molecule has 5 nitrogen and oxygen atoms in total. The smallest absolute Gasteiger partial charge is 0.265 e. The van der Waals surface area contributed by atoms with Crippen molar-refractivity contribution in [1.29, 1.82) is 0 Å². The molecule has 0 aliphatic heterocycles. The van der Waals surface area contributed by atoms with Crippen molar-refractivity contribution in [3.63, 3.8) is 0 Å².